The predicted molar refractivity (Wildman–Crippen MR) is 98.1 cm³/mol. The first-order valence-corrected chi connectivity index (χ1v) is 8.44. The minimum atomic E-state index is -0.584. The molecule has 2 rings (SSSR count). The van der Waals surface area contributed by atoms with E-state index in [0.29, 0.717) is 16.9 Å². The van der Waals surface area contributed by atoms with E-state index in [1.54, 1.807) is 27.0 Å². The topological polar surface area (TPSA) is 73.9 Å². The highest BCUT2D eigenvalue weighted by Crippen LogP contribution is 2.29. The van der Waals surface area contributed by atoms with Gasteiger partial charge in [0.1, 0.15) is 5.75 Å². The van der Waals surface area contributed by atoms with Gasteiger partial charge in [-0.05, 0) is 19.9 Å². The summed E-state index contributed by atoms with van der Waals surface area (Å²) in [7, 11) is 1.59. The van der Waals surface area contributed by atoms with E-state index in [9.17, 15) is 9.59 Å². The number of carbonyl (C=O) groups excluding carboxylic acids is 2. The van der Waals surface area contributed by atoms with Crippen LogP contribution in [-0.4, -0.2) is 32.3 Å². The average molecular weight is 357 g/mol. The van der Waals surface area contributed by atoms with Crippen molar-refractivity contribution >= 4 is 18.0 Å². The van der Waals surface area contributed by atoms with Crippen molar-refractivity contribution in [2.45, 2.75) is 13.8 Å². The number of rotatable bonds is 7. The van der Waals surface area contributed by atoms with Gasteiger partial charge in [0.05, 0.1) is 31.5 Å². The number of carbonyl (C=O) groups is 2. The Morgan fingerprint density at radius 1 is 1.04 bits per heavy atom. The van der Waals surface area contributed by atoms with Crippen LogP contribution in [-0.2, 0) is 19.1 Å². The molecule has 0 saturated heterocycles. The lowest BCUT2D eigenvalue weighted by Crippen LogP contribution is -2.27. The van der Waals surface area contributed by atoms with E-state index in [4.69, 9.17) is 14.2 Å². The van der Waals surface area contributed by atoms with Crippen molar-refractivity contribution in [3.8, 4) is 5.75 Å². The Kier molecular flexibility index (Phi) is 7.02. The lowest BCUT2D eigenvalue weighted by molar-refractivity contribution is -0.139. The largest absolute Gasteiger partial charge is 0.496 e. The maximum Gasteiger partial charge on any atom is 0.336 e. The van der Waals surface area contributed by atoms with Crippen LogP contribution in [0.2, 0.25) is 0 Å². The van der Waals surface area contributed by atoms with Crippen molar-refractivity contribution in [1.82, 2.24) is 5.32 Å². The molecule has 1 aliphatic heterocycles. The van der Waals surface area contributed by atoms with Crippen LogP contribution in [0.25, 0.3) is 6.08 Å². The smallest absolute Gasteiger partial charge is 0.336 e. The Morgan fingerprint density at radius 3 is 2.15 bits per heavy atom. The first kappa shape index (κ1) is 19.3. The summed E-state index contributed by atoms with van der Waals surface area (Å²) in [5.41, 5.74) is 1.51. The molecule has 0 aliphatic carbocycles. The number of hydrogen-bond acceptors (Lipinski definition) is 6. The third kappa shape index (κ3) is 4.53. The lowest BCUT2D eigenvalue weighted by Gasteiger charge is -2.22. The van der Waals surface area contributed by atoms with Gasteiger partial charge in [-0.2, -0.15) is 0 Å². The van der Waals surface area contributed by atoms with Crippen molar-refractivity contribution < 1.29 is 23.8 Å². The van der Waals surface area contributed by atoms with Gasteiger partial charge in [-0.1, -0.05) is 30.4 Å². The molecule has 0 spiro atoms. The van der Waals surface area contributed by atoms with Crippen LogP contribution >= 0.6 is 0 Å². The van der Waals surface area contributed by atoms with Crippen molar-refractivity contribution in [1.29, 1.82) is 0 Å². The zero-order valence-corrected chi connectivity index (χ0v) is 15.2. The molecule has 0 fully saturated rings. The molecule has 0 unspecified atom stereocenters. The Morgan fingerprint density at radius 2 is 1.62 bits per heavy atom. The van der Waals surface area contributed by atoms with Gasteiger partial charge in [0.2, 0.25) is 0 Å². The molecule has 0 saturated carbocycles. The molecule has 26 heavy (non-hydrogen) atoms. The van der Waals surface area contributed by atoms with E-state index in [-0.39, 0.29) is 13.2 Å². The average Bonchev–Trinajstić information content (AvgIpc) is 2.66. The maximum atomic E-state index is 12.3. The number of nitrogens with one attached hydrogen (secondary N) is 1. The molecule has 1 N–H and O–H groups in total. The molecular weight excluding hydrogens is 334 g/mol. The highest BCUT2D eigenvalue weighted by atomic mass is 16.5. The fourth-order valence-corrected chi connectivity index (χ4v) is 2.58. The van der Waals surface area contributed by atoms with Gasteiger partial charge in [-0.15, -0.1) is 0 Å². The Balaban J connectivity index is 2.37. The summed E-state index contributed by atoms with van der Waals surface area (Å²) < 4.78 is 15.6. The summed E-state index contributed by atoms with van der Waals surface area (Å²) >= 11 is 0. The first-order chi connectivity index (χ1) is 12.6. The molecule has 1 aromatic carbocycles. The zero-order valence-electron chi connectivity index (χ0n) is 15.2. The van der Waals surface area contributed by atoms with Gasteiger partial charge in [0, 0.05) is 23.9 Å². The molecule has 6 nitrogen and oxygen atoms in total. The van der Waals surface area contributed by atoms with E-state index in [1.165, 1.54) is 12.4 Å². The molecule has 6 heteroatoms. The zero-order chi connectivity index (χ0) is 18.9. The van der Waals surface area contributed by atoms with Crippen LogP contribution in [0.15, 0.2) is 53.9 Å². The van der Waals surface area contributed by atoms with Gasteiger partial charge in [-0.3, -0.25) is 0 Å². The molecule has 0 aromatic heterocycles. The van der Waals surface area contributed by atoms with Gasteiger partial charge >= 0.3 is 11.9 Å². The van der Waals surface area contributed by atoms with Gasteiger partial charge in [0.25, 0.3) is 0 Å². The number of esters is 2. The van der Waals surface area contributed by atoms with Gasteiger partial charge < -0.3 is 19.5 Å². The fourth-order valence-electron chi connectivity index (χ4n) is 2.58. The number of benzene rings is 1. The van der Waals surface area contributed by atoms with Crippen molar-refractivity contribution in [3.05, 3.63) is 59.5 Å². The summed E-state index contributed by atoms with van der Waals surface area (Å²) in [5.74, 6) is -0.852. The SMILES string of the molecule is CCOC(=O)C1=CNC=C(C(=O)OCC)C1/C=C/c1ccccc1OC. The minimum Gasteiger partial charge on any atom is -0.496 e. The Hall–Kier alpha value is -3.02. The first-order valence-electron chi connectivity index (χ1n) is 8.44. The highest BCUT2D eigenvalue weighted by Gasteiger charge is 2.30. The van der Waals surface area contributed by atoms with Crippen molar-refractivity contribution in [2.24, 2.45) is 5.92 Å². The Bertz CT molecular complexity index is 714. The number of hydrogen-bond donors (Lipinski definition) is 1. The normalized spacial score (nSPS) is 14.3. The maximum absolute atomic E-state index is 12.3. The number of allylic oxidation sites excluding steroid dienone is 1. The van der Waals surface area contributed by atoms with E-state index in [1.807, 2.05) is 30.3 Å². The van der Waals surface area contributed by atoms with E-state index in [2.05, 4.69) is 5.32 Å². The number of methoxy groups -OCH3 is 1. The molecule has 1 heterocycles. The molecule has 1 aromatic rings. The minimum absolute atomic E-state index is 0.248. The third-order valence-electron chi connectivity index (χ3n) is 3.78. The molecule has 1 aliphatic rings. The van der Waals surface area contributed by atoms with Crippen molar-refractivity contribution in [3.63, 3.8) is 0 Å². The molecular formula is C20H23NO5. The number of ether oxygens (including phenoxy) is 3. The highest BCUT2D eigenvalue weighted by molar-refractivity contribution is 5.97. The van der Waals surface area contributed by atoms with Crippen LogP contribution in [0.1, 0.15) is 19.4 Å². The molecule has 0 atom stereocenters. The summed E-state index contributed by atoms with van der Waals surface area (Å²) in [6.45, 7) is 3.96. The second kappa shape index (κ2) is 9.46. The fraction of sp³-hybridized carbons (Fsp3) is 0.300. The Labute approximate surface area is 153 Å². The van der Waals surface area contributed by atoms with Crippen molar-refractivity contribution in [2.75, 3.05) is 20.3 Å². The van der Waals surface area contributed by atoms with Crippen LogP contribution in [0.4, 0.5) is 0 Å². The summed E-state index contributed by atoms with van der Waals surface area (Å²) in [6, 6.07) is 7.48. The second-order valence-corrected chi connectivity index (χ2v) is 5.39. The lowest BCUT2D eigenvalue weighted by atomic mass is 9.89. The summed E-state index contributed by atoms with van der Waals surface area (Å²) in [5, 5.41) is 2.83. The summed E-state index contributed by atoms with van der Waals surface area (Å²) in [6.07, 6.45) is 6.66. The quantitative estimate of drug-likeness (QED) is 0.757. The van der Waals surface area contributed by atoms with Crippen LogP contribution in [0.5, 0.6) is 5.75 Å². The molecule has 138 valence electrons. The van der Waals surface area contributed by atoms with Gasteiger partial charge in [0.15, 0.2) is 0 Å². The third-order valence-corrected chi connectivity index (χ3v) is 3.78. The molecule has 0 radical (unpaired) electrons. The monoisotopic (exact) mass is 357 g/mol. The van der Waals surface area contributed by atoms with Crippen LogP contribution in [0.3, 0.4) is 0 Å². The predicted octanol–water partition coefficient (Wildman–Crippen LogP) is 2.82. The van der Waals surface area contributed by atoms with E-state index < -0.39 is 17.9 Å². The molecule has 0 bridgehead atoms. The number of para-hydroxylation sites is 1. The second-order valence-electron chi connectivity index (χ2n) is 5.39. The van der Waals surface area contributed by atoms with E-state index in [0.717, 1.165) is 5.56 Å². The molecule has 0 amide bonds. The van der Waals surface area contributed by atoms with Gasteiger partial charge in [-0.25, -0.2) is 9.59 Å². The van der Waals surface area contributed by atoms with Crippen LogP contribution in [0, 0.1) is 5.92 Å². The number of dihydropyridines is 1. The standard InChI is InChI=1S/C20H23NO5/c1-4-25-19(22)16-12-21-13-17(20(23)26-5-2)15(16)11-10-14-8-6-7-9-18(14)24-3/h6-13,15,21H,4-5H2,1-3H3/b11-10+. The van der Waals surface area contributed by atoms with Crippen LogP contribution < -0.4 is 10.1 Å². The van der Waals surface area contributed by atoms with E-state index >= 15 is 0 Å². The summed E-state index contributed by atoms with van der Waals surface area (Å²) in [4.78, 5) is 24.6.